The number of hydrogen-bond donors (Lipinski definition) is 1. The van der Waals surface area contributed by atoms with Gasteiger partial charge in [0.15, 0.2) is 0 Å². The topological polar surface area (TPSA) is 66.6 Å². The first-order valence-electron chi connectivity index (χ1n) is 6.90. The molecule has 5 heteroatoms. The zero-order chi connectivity index (χ0) is 13.3. The maximum Gasteiger partial charge on any atom is 0.312 e. The summed E-state index contributed by atoms with van der Waals surface area (Å²) in [7, 11) is 0. The van der Waals surface area contributed by atoms with Crippen molar-refractivity contribution >= 4 is 11.8 Å². The number of carbonyl (C=O) groups excluding carboxylic acids is 2. The smallest absolute Gasteiger partial charge is 0.312 e. The van der Waals surface area contributed by atoms with Crippen LogP contribution in [0.2, 0.25) is 0 Å². The van der Waals surface area contributed by atoms with Crippen molar-refractivity contribution in [1.82, 2.24) is 9.80 Å². The summed E-state index contributed by atoms with van der Waals surface area (Å²) in [6.07, 6.45) is 2.99. The van der Waals surface area contributed by atoms with E-state index >= 15 is 0 Å². The minimum atomic E-state index is -0.367. The van der Waals surface area contributed by atoms with Gasteiger partial charge in [-0.3, -0.25) is 9.59 Å². The summed E-state index contributed by atoms with van der Waals surface area (Å²) in [6.45, 7) is 5.95. The number of nitrogens with two attached hydrogens (primary N) is 1. The monoisotopic (exact) mass is 253 g/mol. The molecule has 2 fully saturated rings. The van der Waals surface area contributed by atoms with Crippen molar-refractivity contribution in [2.24, 2.45) is 11.7 Å². The van der Waals surface area contributed by atoms with Crippen molar-refractivity contribution in [3.8, 4) is 0 Å². The third-order valence-corrected chi connectivity index (χ3v) is 4.25. The van der Waals surface area contributed by atoms with Crippen LogP contribution < -0.4 is 5.73 Å². The van der Waals surface area contributed by atoms with Crippen molar-refractivity contribution in [3.05, 3.63) is 0 Å². The van der Waals surface area contributed by atoms with Crippen LogP contribution in [0.1, 0.15) is 33.1 Å². The molecule has 3 atom stereocenters. The Balaban J connectivity index is 2.09. The average Bonchev–Trinajstić information content (AvgIpc) is 2.36. The molecule has 0 aromatic heterocycles. The van der Waals surface area contributed by atoms with Crippen LogP contribution in [0.25, 0.3) is 0 Å². The zero-order valence-corrected chi connectivity index (χ0v) is 11.3. The molecule has 1 aliphatic heterocycles. The van der Waals surface area contributed by atoms with E-state index in [0.717, 1.165) is 19.3 Å². The van der Waals surface area contributed by atoms with Gasteiger partial charge in [-0.2, -0.15) is 0 Å². The lowest BCUT2D eigenvalue weighted by Gasteiger charge is -2.43. The van der Waals surface area contributed by atoms with Gasteiger partial charge in [0.05, 0.1) is 0 Å². The third kappa shape index (κ3) is 2.36. The summed E-state index contributed by atoms with van der Waals surface area (Å²) in [4.78, 5) is 27.3. The van der Waals surface area contributed by atoms with Gasteiger partial charge in [-0.15, -0.1) is 0 Å². The molecular weight excluding hydrogens is 230 g/mol. The molecule has 2 aliphatic rings. The van der Waals surface area contributed by atoms with E-state index in [2.05, 4.69) is 6.92 Å². The van der Waals surface area contributed by atoms with Gasteiger partial charge in [-0.1, -0.05) is 6.92 Å². The molecule has 0 radical (unpaired) electrons. The first kappa shape index (κ1) is 13.3. The summed E-state index contributed by atoms with van der Waals surface area (Å²) in [5, 5.41) is 0. The molecule has 0 aromatic carbocycles. The van der Waals surface area contributed by atoms with Crippen molar-refractivity contribution in [3.63, 3.8) is 0 Å². The Labute approximate surface area is 108 Å². The van der Waals surface area contributed by atoms with Crippen molar-refractivity contribution in [2.75, 3.05) is 19.6 Å². The quantitative estimate of drug-likeness (QED) is 0.715. The fourth-order valence-corrected chi connectivity index (χ4v) is 3.04. The van der Waals surface area contributed by atoms with E-state index in [1.54, 1.807) is 9.80 Å². The molecule has 1 aliphatic carbocycles. The molecule has 0 aromatic rings. The summed E-state index contributed by atoms with van der Waals surface area (Å²) in [5.41, 5.74) is 6.13. The Hall–Kier alpha value is -1.10. The lowest BCUT2D eigenvalue weighted by atomic mass is 9.82. The summed E-state index contributed by atoms with van der Waals surface area (Å²) >= 11 is 0. The van der Waals surface area contributed by atoms with Gasteiger partial charge in [-0.05, 0) is 32.1 Å². The molecule has 2 rings (SSSR count). The molecule has 3 unspecified atom stereocenters. The van der Waals surface area contributed by atoms with Crippen LogP contribution in [0.5, 0.6) is 0 Å². The highest BCUT2D eigenvalue weighted by atomic mass is 16.2. The number of piperazine rings is 1. The highest BCUT2D eigenvalue weighted by Crippen LogP contribution is 2.27. The first-order valence-corrected chi connectivity index (χ1v) is 6.90. The minimum absolute atomic E-state index is 0.0196. The highest BCUT2D eigenvalue weighted by Gasteiger charge is 2.39. The molecule has 1 saturated heterocycles. The summed E-state index contributed by atoms with van der Waals surface area (Å²) in [6, 6.07) is 0.0651. The largest absolute Gasteiger partial charge is 0.333 e. The number of nitrogens with zero attached hydrogens (tertiary/aromatic N) is 2. The number of hydrogen-bond acceptors (Lipinski definition) is 3. The van der Waals surface area contributed by atoms with Crippen LogP contribution >= 0.6 is 0 Å². The van der Waals surface area contributed by atoms with Gasteiger partial charge in [0.2, 0.25) is 0 Å². The lowest BCUT2D eigenvalue weighted by molar-refractivity contribution is -0.158. The van der Waals surface area contributed by atoms with Gasteiger partial charge >= 0.3 is 11.8 Å². The maximum absolute atomic E-state index is 12.1. The molecule has 2 N–H and O–H groups in total. The Kier molecular flexibility index (Phi) is 3.90. The molecule has 5 nitrogen and oxygen atoms in total. The number of likely N-dealkylation sites (N-methyl/N-ethyl adjacent to an activating group) is 1. The van der Waals surface area contributed by atoms with E-state index in [0.29, 0.717) is 25.6 Å². The molecule has 1 saturated carbocycles. The van der Waals surface area contributed by atoms with Crippen molar-refractivity contribution in [1.29, 1.82) is 0 Å². The third-order valence-electron chi connectivity index (χ3n) is 4.25. The molecule has 102 valence electrons. The van der Waals surface area contributed by atoms with Gasteiger partial charge in [-0.25, -0.2) is 0 Å². The van der Waals surface area contributed by atoms with Crippen molar-refractivity contribution in [2.45, 2.75) is 45.2 Å². The second kappa shape index (κ2) is 5.26. The standard InChI is InChI=1S/C13H23N3O2/c1-3-15-6-7-16(13(18)12(15)17)11-8-9(2)4-5-10(11)14/h9-11H,3-8,14H2,1-2H3. The number of amides is 2. The second-order valence-electron chi connectivity index (χ2n) is 5.53. The Morgan fingerprint density at radius 3 is 2.61 bits per heavy atom. The lowest BCUT2D eigenvalue weighted by Crippen LogP contribution is -2.61. The van der Waals surface area contributed by atoms with E-state index in [1.807, 2.05) is 6.92 Å². The molecule has 2 amide bonds. The highest BCUT2D eigenvalue weighted by molar-refractivity contribution is 6.35. The second-order valence-corrected chi connectivity index (χ2v) is 5.53. The van der Waals surface area contributed by atoms with Crippen LogP contribution in [0, 0.1) is 5.92 Å². The van der Waals surface area contributed by atoms with Gasteiger partial charge in [0, 0.05) is 31.7 Å². The fourth-order valence-electron chi connectivity index (χ4n) is 3.04. The van der Waals surface area contributed by atoms with E-state index < -0.39 is 0 Å². The fraction of sp³-hybridized carbons (Fsp3) is 0.846. The predicted octanol–water partition coefficient (Wildman–Crippen LogP) is 0.193. The Morgan fingerprint density at radius 1 is 1.22 bits per heavy atom. The van der Waals surface area contributed by atoms with E-state index in [9.17, 15) is 9.59 Å². The van der Waals surface area contributed by atoms with Crippen LogP contribution in [0.15, 0.2) is 0 Å². The van der Waals surface area contributed by atoms with Crippen LogP contribution in [-0.4, -0.2) is 53.3 Å². The summed E-state index contributed by atoms with van der Waals surface area (Å²) < 4.78 is 0. The number of carbonyl (C=O) groups is 2. The Bertz CT molecular complexity index is 345. The normalized spacial score (nSPS) is 34.1. The first-order chi connectivity index (χ1) is 8.54. The van der Waals surface area contributed by atoms with Crippen LogP contribution in [-0.2, 0) is 9.59 Å². The predicted molar refractivity (Wildman–Crippen MR) is 68.7 cm³/mol. The average molecular weight is 253 g/mol. The van der Waals surface area contributed by atoms with Crippen LogP contribution in [0.4, 0.5) is 0 Å². The van der Waals surface area contributed by atoms with E-state index in [-0.39, 0.29) is 23.9 Å². The summed E-state index contributed by atoms with van der Waals surface area (Å²) in [5.74, 6) is -0.145. The number of rotatable bonds is 2. The van der Waals surface area contributed by atoms with E-state index in [4.69, 9.17) is 5.73 Å². The van der Waals surface area contributed by atoms with Gasteiger partial charge in [0.25, 0.3) is 0 Å². The molecule has 18 heavy (non-hydrogen) atoms. The van der Waals surface area contributed by atoms with Crippen LogP contribution in [0.3, 0.4) is 0 Å². The van der Waals surface area contributed by atoms with Gasteiger partial charge < -0.3 is 15.5 Å². The molecule has 0 bridgehead atoms. The van der Waals surface area contributed by atoms with Gasteiger partial charge in [0.1, 0.15) is 0 Å². The minimum Gasteiger partial charge on any atom is -0.333 e. The maximum atomic E-state index is 12.1. The molecule has 1 heterocycles. The molecule has 0 spiro atoms. The Morgan fingerprint density at radius 2 is 1.94 bits per heavy atom. The van der Waals surface area contributed by atoms with E-state index in [1.165, 1.54) is 0 Å². The SMILES string of the molecule is CCN1CCN(C2CC(C)CCC2N)C(=O)C1=O. The molecular formula is C13H23N3O2. The zero-order valence-electron chi connectivity index (χ0n) is 11.3. The van der Waals surface area contributed by atoms with Crippen molar-refractivity contribution < 1.29 is 9.59 Å².